The van der Waals surface area contributed by atoms with Gasteiger partial charge in [0, 0.05) is 0 Å². The van der Waals surface area contributed by atoms with Gasteiger partial charge in [-0.15, -0.1) is 0 Å². The number of hydrogen-bond acceptors (Lipinski definition) is 3. The second kappa shape index (κ2) is 3.17. The molecule has 18 heavy (non-hydrogen) atoms. The highest BCUT2D eigenvalue weighted by atomic mass is 16.6. The molecule has 5 fully saturated rings. The topological polar surface area (TPSA) is 43.4 Å². The van der Waals surface area contributed by atoms with E-state index in [2.05, 4.69) is 13.8 Å². The Balaban J connectivity index is 1.67. The lowest BCUT2D eigenvalue weighted by molar-refractivity contribution is -0.171. The van der Waals surface area contributed by atoms with E-state index in [1.54, 1.807) is 0 Å². The highest BCUT2D eigenvalue weighted by Crippen LogP contribution is 2.67. The van der Waals surface area contributed by atoms with Crippen molar-refractivity contribution >= 4 is 11.9 Å². The van der Waals surface area contributed by atoms with E-state index in [1.165, 1.54) is 6.42 Å². The van der Waals surface area contributed by atoms with Gasteiger partial charge in [-0.1, -0.05) is 13.8 Å². The number of esters is 2. The van der Waals surface area contributed by atoms with Gasteiger partial charge in [0.05, 0.1) is 11.8 Å². The van der Waals surface area contributed by atoms with Crippen molar-refractivity contribution in [2.75, 3.05) is 0 Å². The van der Waals surface area contributed by atoms with Gasteiger partial charge < -0.3 is 4.74 Å². The maximum atomic E-state index is 11.9. The van der Waals surface area contributed by atoms with E-state index >= 15 is 0 Å². The van der Waals surface area contributed by atoms with Gasteiger partial charge in [0.15, 0.2) is 0 Å². The smallest absolute Gasteiger partial charge is 0.317 e. The van der Waals surface area contributed by atoms with E-state index in [0.29, 0.717) is 17.3 Å². The number of fused-ring (bicyclic) bond motifs is 1. The van der Waals surface area contributed by atoms with Crippen molar-refractivity contribution in [2.24, 2.45) is 40.9 Å². The predicted molar refractivity (Wildman–Crippen MR) is 64.3 cm³/mol. The summed E-state index contributed by atoms with van der Waals surface area (Å²) in [7, 11) is 0. The fourth-order valence-corrected chi connectivity index (χ4v) is 5.51. The van der Waals surface area contributed by atoms with Gasteiger partial charge in [0.1, 0.15) is 0 Å². The Labute approximate surface area is 107 Å². The van der Waals surface area contributed by atoms with E-state index in [4.69, 9.17) is 4.74 Å². The van der Waals surface area contributed by atoms with Crippen molar-refractivity contribution in [1.82, 2.24) is 0 Å². The minimum absolute atomic E-state index is 0.0994. The van der Waals surface area contributed by atoms with E-state index in [-0.39, 0.29) is 23.8 Å². The second-order valence-corrected chi connectivity index (χ2v) is 7.37. The molecule has 4 aliphatic carbocycles. The van der Waals surface area contributed by atoms with Gasteiger partial charge >= 0.3 is 11.9 Å². The summed E-state index contributed by atoms with van der Waals surface area (Å²) in [6.07, 6.45) is 4.47. The molecule has 1 heterocycles. The van der Waals surface area contributed by atoms with E-state index in [0.717, 1.165) is 31.1 Å². The van der Waals surface area contributed by atoms with E-state index in [9.17, 15) is 9.59 Å². The van der Waals surface area contributed by atoms with Crippen LogP contribution in [0.5, 0.6) is 0 Å². The van der Waals surface area contributed by atoms with Crippen LogP contribution < -0.4 is 0 Å². The molecule has 0 aromatic carbocycles. The van der Waals surface area contributed by atoms with Crippen LogP contribution in [0.1, 0.15) is 39.5 Å². The Bertz CT molecular complexity index is 439. The molecule has 0 aromatic rings. The molecule has 5 aliphatic rings. The normalized spacial score (nSPS) is 52.1. The first-order valence-electron chi connectivity index (χ1n) is 7.25. The largest absolute Gasteiger partial charge is 0.393 e. The Morgan fingerprint density at radius 3 is 2.56 bits per heavy atom. The minimum atomic E-state index is -0.248. The van der Waals surface area contributed by atoms with Crippen LogP contribution in [0.15, 0.2) is 0 Å². The minimum Gasteiger partial charge on any atom is -0.393 e. The second-order valence-electron chi connectivity index (χ2n) is 7.37. The molecule has 1 saturated heterocycles. The van der Waals surface area contributed by atoms with Crippen LogP contribution in [0.2, 0.25) is 0 Å². The average molecular weight is 248 g/mol. The van der Waals surface area contributed by atoms with E-state index in [1.807, 2.05) is 0 Å². The van der Waals surface area contributed by atoms with Gasteiger partial charge in [-0.25, -0.2) is 0 Å². The molecule has 0 radical (unpaired) electrons. The molecule has 1 aliphatic heterocycles. The summed E-state index contributed by atoms with van der Waals surface area (Å²) in [4.78, 5) is 23.6. The molecule has 0 N–H and O–H groups in total. The molecule has 3 heteroatoms. The monoisotopic (exact) mass is 248 g/mol. The number of hydrogen-bond donors (Lipinski definition) is 0. The zero-order valence-electron chi connectivity index (χ0n) is 11.0. The molecule has 6 atom stereocenters. The highest BCUT2D eigenvalue weighted by molar-refractivity contribution is 5.96. The van der Waals surface area contributed by atoms with Crippen LogP contribution in [0.3, 0.4) is 0 Å². The van der Waals surface area contributed by atoms with Gasteiger partial charge in [-0.3, -0.25) is 9.59 Å². The molecule has 98 valence electrons. The van der Waals surface area contributed by atoms with Crippen molar-refractivity contribution in [3.63, 3.8) is 0 Å². The standard InChI is InChI=1S/C15H20O3/c1-15(2)7-5-10-8(11(15)6-7)3-4-9-12(10)14(17)18-13(9)16/h7-12H,3-6H2,1-2H3/t7-,8+,9-,10-,11+,12+/m1/s1. The van der Waals surface area contributed by atoms with E-state index < -0.39 is 0 Å². The molecule has 3 nitrogen and oxygen atoms in total. The predicted octanol–water partition coefficient (Wildman–Crippen LogP) is 2.39. The molecular weight excluding hydrogens is 228 g/mol. The summed E-state index contributed by atoms with van der Waals surface area (Å²) in [5, 5.41) is 0. The molecule has 0 aromatic heterocycles. The summed E-state index contributed by atoms with van der Waals surface area (Å²) in [6.45, 7) is 4.76. The third kappa shape index (κ3) is 1.11. The SMILES string of the molecule is CC1(C)[C@@H]2C[C@@H]3[C@H](CC[C@H]4C(=O)OC(=O)[C@H]34)[C@@H]1C2. The molecule has 4 saturated carbocycles. The summed E-state index contributed by atoms with van der Waals surface area (Å²) < 4.78 is 4.88. The number of cyclic esters (lactones) is 2. The number of ether oxygens (including phenoxy) is 1. The van der Waals surface area contributed by atoms with Crippen molar-refractivity contribution in [1.29, 1.82) is 0 Å². The Hall–Kier alpha value is -0.860. The Morgan fingerprint density at radius 1 is 1.06 bits per heavy atom. The first-order chi connectivity index (χ1) is 8.50. The Morgan fingerprint density at radius 2 is 1.83 bits per heavy atom. The van der Waals surface area contributed by atoms with Crippen LogP contribution in [-0.4, -0.2) is 11.9 Å². The third-order valence-corrected chi connectivity index (χ3v) is 6.65. The summed E-state index contributed by atoms with van der Waals surface area (Å²) >= 11 is 0. The maximum absolute atomic E-state index is 11.9. The molecular formula is C15H20O3. The molecule has 0 amide bonds. The van der Waals surface area contributed by atoms with Crippen LogP contribution in [0.4, 0.5) is 0 Å². The summed E-state index contributed by atoms with van der Waals surface area (Å²) in [5.41, 5.74) is 0.459. The zero-order valence-corrected chi connectivity index (χ0v) is 11.0. The van der Waals surface area contributed by atoms with Crippen molar-refractivity contribution < 1.29 is 14.3 Å². The van der Waals surface area contributed by atoms with Crippen molar-refractivity contribution in [2.45, 2.75) is 39.5 Å². The highest BCUT2D eigenvalue weighted by Gasteiger charge is 2.63. The fraction of sp³-hybridized carbons (Fsp3) is 0.867. The van der Waals surface area contributed by atoms with Gasteiger partial charge in [-0.05, 0) is 54.8 Å². The fourth-order valence-electron chi connectivity index (χ4n) is 5.51. The van der Waals surface area contributed by atoms with Gasteiger partial charge in [-0.2, -0.15) is 0 Å². The van der Waals surface area contributed by atoms with Gasteiger partial charge in [0.25, 0.3) is 0 Å². The maximum Gasteiger partial charge on any atom is 0.317 e. The lowest BCUT2D eigenvalue weighted by Crippen LogP contribution is -2.59. The van der Waals surface area contributed by atoms with Gasteiger partial charge in [0.2, 0.25) is 0 Å². The summed E-state index contributed by atoms with van der Waals surface area (Å²) in [5.74, 6) is 1.93. The lowest BCUT2D eigenvalue weighted by Gasteiger charge is -2.64. The third-order valence-electron chi connectivity index (χ3n) is 6.65. The zero-order chi connectivity index (χ0) is 12.7. The number of rotatable bonds is 0. The first-order valence-corrected chi connectivity index (χ1v) is 7.25. The van der Waals surface area contributed by atoms with Crippen LogP contribution in [-0.2, 0) is 14.3 Å². The van der Waals surface area contributed by atoms with Crippen LogP contribution in [0.25, 0.3) is 0 Å². The molecule has 0 spiro atoms. The molecule has 0 unspecified atom stereocenters. The quantitative estimate of drug-likeness (QED) is 0.488. The van der Waals surface area contributed by atoms with Crippen LogP contribution >= 0.6 is 0 Å². The summed E-state index contributed by atoms with van der Waals surface area (Å²) in [6, 6.07) is 0. The molecule has 5 rings (SSSR count). The lowest BCUT2D eigenvalue weighted by atomic mass is 9.40. The Kier molecular flexibility index (Phi) is 1.94. The molecule has 2 bridgehead atoms. The van der Waals surface area contributed by atoms with Crippen LogP contribution in [0, 0.1) is 40.9 Å². The van der Waals surface area contributed by atoms with Crippen molar-refractivity contribution in [3.8, 4) is 0 Å². The number of carbonyl (C=O) groups is 2. The number of carbonyl (C=O) groups excluding carboxylic acids is 2. The average Bonchev–Trinajstić information content (AvgIpc) is 2.64. The van der Waals surface area contributed by atoms with Crippen molar-refractivity contribution in [3.05, 3.63) is 0 Å². The first kappa shape index (κ1) is 11.0.